The SMILES string of the molecule is C=C(C)C(=O)OCCNC(=O)OC1C2CCC3C1OS(=O)(=O)C3C2. The maximum atomic E-state index is 12.0. The van der Waals surface area contributed by atoms with Crippen molar-refractivity contribution in [3.05, 3.63) is 12.2 Å². The van der Waals surface area contributed by atoms with Crippen LogP contribution in [0, 0.1) is 11.8 Å². The third kappa shape index (κ3) is 3.14. The summed E-state index contributed by atoms with van der Waals surface area (Å²) in [4.78, 5) is 23.1. The number of carbonyl (C=O) groups excluding carboxylic acids is 2. The van der Waals surface area contributed by atoms with E-state index in [4.69, 9.17) is 13.7 Å². The molecule has 1 heterocycles. The standard InChI is InChI=1S/C15H21NO7S/c1-8(2)14(17)21-6-5-16-15(18)22-12-9-3-4-10-11(7-9)24(19,20)23-13(10)12/h9-13H,1,3-7H2,2H3,(H,16,18). The fourth-order valence-electron chi connectivity index (χ4n) is 3.80. The molecule has 4 fully saturated rings. The number of hydrogen-bond acceptors (Lipinski definition) is 7. The molecule has 1 aliphatic heterocycles. The van der Waals surface area contributed by atoms with Crippen molar-refractivity contribution in [1.29, 1.82) is 0 Å². The van der Waals surface area contributed by atoms with Gasteiger partial charge in [0.2, 0.25) is 0 Å². The molecule has 3 saturated carbocycles. The molecule has 134 valence electrons. The maximum Gasteiger partial charge on any atom is 0.407 e. The van der Waals surface area contributed by atoms with Crippen LogP contribution in [0.15, 0.2) is 12.2 Å². The van der Waals surface area contributed by atoms with Crippen molar-refractivity contribution >= 4 is 22.2 Å². The molecule has 5 atom stereocenters. The van der Waals surface area contributed by atoms with Crippen molar-refractivity contribution in [3.63, 3.8) is 0 Å². The third-order valence-electron chi connectivity index (χ3n) is 4.91. The van der Waals surface area contributed by atoms with E-state index in [1.165, 1.54) is 6.92 Å². The molecule has 9 heteroatoms. The highest BCUT2D eigenvalue weighted by Crippen LogP contribution is 2.52. The van der Waals surface area contributed by atoms with E-state index in [2.05, 4.69) is 11.9 Å². The molecule has 4 rings (SSSR count). The predicted molar refractivity (Wildman–Crippen MR) is 82.5 cm³/mol. The van der Waals surface area contributed by atoms with Gasteiger partial charge in [0, 0.05) is 17.4 Å². The lowest BCUT2D eigenvalue weighted by molar-refractivity contribution is -0.138. The summed E-state index contributed by atoms with van der Waals surface area (Å²) in [6, 6.07) is 0. The number of esters is 1. The number of alkyl carbamates (subject to hydrolysis) is 1. The van der Waals surface area contributed by atoms with E-state index in [9.17, 15) is 18.0 Å². The third-order valence-corrected chi connectivity index (χ3v) is 6.68. The molecule has 4 bridgehead atoms. The van der Waals surface area contributed by atoms with Gasteiger partial charge in [-0.1, -0.05) is 6.58 Å². The first-order valence-electron chi connectivity index (χ1n) is 7.99. The van der Waals surface area contributed by atoms with E-state index in [1.807, 2.05) is 0 Å². The first-order valence-corrected chi connectivity index (χ1v) is 9.46. The molecule has 0 spiro atoms. The summed E-state index contributed by atoms with van der Waals surface area (Å²) in [5.41, 5.74) is 0.282. The summed E-state index contributed by atoms with van der Waals surface area (Å²) < 4.78 is 39.4. The Morgan fingerprint density at radius 1 is 1.33 bits per heavy atom. The van der Waals surface area contributed by atoms with E-state index >= 15 is 0 Å². The molecule has 0 aromatic heterocycles. The Kier molecular flexibility index (Phi) is 4.56. The van der Waals surface area contributed by atoms with Crippen LogP contribution >= 0.6 is 0 Å². The van der Waals surface area contributed by atoms with Crippen LogP contribution in [-0.4, -0.2) is 51.1 Å². The van der Waals surface area contributed by atoms with E-state index in [-0.39, 0.29) is 30.6 Å². The summed E-state index contributed by atoms with van der Waals surface area (Å²) in [5, 5.41) is 2.04. The van der Waals surface area contributed by atoms with Gasteiger partial charge in [0.1, 0.15) is 18.8 Å². The van der Waals surface area contributed by atoms with Gasteiger partial charge in [-0.05, 0) is 26.2 Å². The minimum Gasteiger partial charge on any atom is -0.460 e. The Labute approximate surface area is 140 Å². The second-order valence-corrected chi connectivity index (χ2v) is 8.33. The minimum atomic E-state index is -3.54. The molecular formula is C15H21NO7S. The summed E-state index contributed by atoms with van der Waals surface area (Å²) in [6.45, 7) is 5.09. The van der Waals surface area contributed by atoms with Crippen LogP contribution < -0.4 is 5.32 Å². The molecule has 5 unspecified atom stereocenters. The van der Waals surface area contributed by atoms with Crippen LogP contribution in [-0.2, 0) is 28.6 Å². The van der Waals surface area contributed by atoms with E-state index < -0.39 is 39.6 Å². The number of carbonyl (C=O) groups is 2. The quantitative estimate of drug-likeness (QED) is 0.334. The van der Waals surface area contributed by atoms with Gasteiger partial charge in [-0.2, -0.15) is 8.42 Å². The summed E-state index contributed by atoms with van der Waals surface area (Å²) >= 11 is 0. The number of hydrogen-bond donors (Lipinski definition) is 1. The fraction of sp³-hybridized carbons (Fsp3) is 0.733. The molecule has 0 radical (unpaired) electrons. The molecule has 0 aromatic carbocycles. The van der Waals surface area contributed by atoms with Gasteiger partial charge >= 0.3 is 12.1 Å². The number of nitrogens with one attached hydrogen (secondary N) is 1. The van der Waals surface area contributed by atoms with Crippen molar-refractivity contribution in [2.24, 2.45) is 11.8 Å². The molecule has 0 aromatic rings. The Hall–Kier alpha value is -1.61. The number of rotatable bonds is 5. The van der Waals surface area contributed by atoms with Gasteiger partial charge in [0.25, 0.3) is 10.1 Å². The molecule has 24 heavy (non-hydrogen) atoms. The molecule has 8 nitrogen and oxygen atoms in total. The largest absolute Gasteiger partial charge is 0.460 e. The smallest absolute Gasteiger partial charge is 0.407 e. The van der Waals surface area contributed by atoms with Gasteiger partial charge in [-0.15, -0.1) is 0 Å². The lowest BCUT2D eigenvalue weighted by Crippen LogP contribution is -2.52. The van der Waals surface area contributed by atoms with Crippen LogP contribution in [0.1, 0.15) is 26.2 Å². The summed E-state index contributed by atoms with van der Waals surface area (Å²) in [7, 11) is -3.54. The Morgan fingerprint density at radius 3 is 2.79 bits per heavy atom. The Bertz CT molecular complexity index is 659. The predicted octanol–water partition coefficient (Wildman–Crippen LogP) is 0.728. The summed E-state index contributed by atoms with van der Waals surface area (Å²) in [6.07, 6.45) is 0.332. The number of amides is 1. The Morgan fingerprint density at radius 2 is 2.08 bits per heavy atom. The van der Waals surface area contributed by atoms with Gasteiger partial charge in [-0.25, -0.2) is 9.59 Å². The van der Waals surface area contributed by atoms with Gasteiger partial charge in [0.15, 0.2) is 0 Å². The topological polar surface area (TPSA) is 108 Å². The zero-order valence-corrected chi connectivity index (χ0v) is 14.2. The van der Waals surface area contributed by atoms with Crippen LogP contribution in [0.5, 0.6) is 0 Å². The molecule has 1 N–H and O–H groups in total. The minimum absolute atomic E-state index is 0.00783. The van der Waals surface area contributed by atoms with Crippen molar-refractivity contribution < 1.29 is 31.7 Å². The molecular weight excluding hydrogens is 338 g/mol. The van der Waals surface area contributed by atoms with Gasteiger partial charge in [-0.3, -0.25) is 4.18 Å². The number of fused-ring (bicyclic) bond motifs is 1. The average Bonchev–Trinajstić information content (AvgIpc) is 2.75. The summed E-state index contributed by atoms with van der Waals surface area (Å²) in [5.74, 6) is -0.603. The van der Waals surface area contributed by atoms with Crippen LogP contribution in [0.2, 0.25) is 0 Å². The first kappa shape index (κ1) is 17.2. The molecule has 4 aliphatic rings. The lowest BCUT2D eigenvalue weighted by atomic mass is 9.67. The monoisotopic (exact) mass is 359 g/mol. The van der Waals surface area contributed by atoms with Crippen molar-refractivity contribution in [3.8, 4) is 0 Å². The molecule has 1 saturated heterocycles. The van der Waals surface area contributed by atoms with Gasteiger partial charge < -0.3 is 14.8 Å². The average molecular weight is 359 g/mol. The van der Waals surface area contributed by atoms with Gasteiger partial charge in [0.05, 0.1) is 11.8 Å². The van der Waals surface area contributed by atoms with E-state index in [0.717, 1.165) is 12.8 Å². The second-order valence-electron chi connectivity index (χ2n) is 6.54. The highest BCUT2D eigenvalue weighted by molar-refractivity contribution is 7.87. The first-order chi connectivity index (χ1) is 11.3. The van der Waals surface area contributed by atoms with E-state index in [0.29, 0.717) is 6.42 Å². The highest BCUT2D eigenvalue weighted by atomic mass is 32.2. The van der Waals surface area contributed by atoms with Crippen LogP contribution in [0.4, 0.5) is 4.79 Å². The number of ether oxygens (including phenoxy) is 2. The lowest BCUT2D eigenvalue weighted by Gasteiger charge is -2.43. The Balaban J connectivity index is 1.49. The zero-order chi connectivity index (χ0) is 17.5. The van der Waals surface area contributed by atoms with E-state index in [1.54, 1.807) is 0 Å². The second kappa shape index (κ2) is 6.36. The highest BCUT2D eigenvalue weighted by Gasteiger charge is 2.61. The van der Waals surface area contributed by atoms with Crippen LogP contribution in [0.3, 0.4) is 0 Å². The zero-order valence-electron chi connectivity index (χ0n) is 13.4. The fourth-order valence-corrected chi connectivity index (χ4v) is 5.71. The molecule has 1 amide bonds. The van der Waals surface area contributed by atoms with Crippen molar-refractivity contribution in [2.75, 3.05) is 13.2 Å². The normalized spacial score (nSPS) is 35.3. The van der Waals surface area contributed by atoms with Crippen LogP contribution in [0.25, 0.3) is 0 Å². The maximum absolute atomic E-state index is 12.0. The molecule has 3 aliphatic carbocycles. The van der Waals surface area contributed by atoms with Crippen molar-refractivity contribution in [1.82, 2.24) is 5.32 Å². The van der Waals surface area contributed by atoms with Crippen molar-refractivity contribution in [2.45, 2.75) is 43.6 Å².